The zero-order valence-electron chi connectivity index (χ0n) is 18.1. The van der Waals surface area contributed by atoms with Gasteiger partial charge in [0.2, 0.25) is 6.41 Å². The molecule has 5 nitrogen and oxygen atoms in total. The highest BCUT2D eigenvalue weighted by Gasteiger charge is 2.25. The Morgan fingerprint density at radius 2 is 1.83 bits per heavy atom. The van der Waals surface area contributed by atoms with Crippen LogP contribution in [0.1, 0.15) is 73.0 Å². The summed E-state index contributed by atoms with van der Waals surface area (Å²) in [6.07, 6.45) is 4.31. The van der Waals surface area contributed by atoms with Gasteiger partial charge >= 0.3 is 0 Å². The fourth-order valence-electron chi connectivity index (χ4n) is 3.82. The number of amides is 2. The highest BCUT2D eigenvalue weighted by molar-refractivity contribution is 5.96. The van der Waals surface area contributed by atoms with Gasteiger partial charge in [-0.2, -0.15) is 5.26 Å². The van der Waals surface area contributed by atoms with Gasteiger partial charge in [-0.25, -0.2) is 0 Å². The number of nitrogens with one attached hydrogen (secondary N) is 1. The van der Waals surface area contributed by atoms with Crippen molar-refractivity contribution in [1.29, 1.82) is 5.26 Å². The maximum atomic E-state index is 12.9. The van der Waals surface area contributed by atoms with Crippen molar-refractivity contribution in [3.05, 3.63) is 64.7 Å². The highest BCUT2D eigenvalue weighted by Crippen LogP contribution is 2.29. The van der Waals surface area contributed by atoms with Gasteiger partial charge in [0.15, 0.2) is 0 Å². The first-order chi connectivity index (χ1) is 14.7. The molecule has 0 atom stereocenters. The van der Waals surface area contributed by atoms with Gasteiger partial charge in [-0.1, -0.05) is 45.4 Å². The average Bonchev–Trinajstić information content (AvgIpc) is 2.81. The Morgan fingerprint density at radius 1 is 1.17 bits per heavy atom. The molecule has 1 fully saturated rings. The van der Waals surface area contributed by atoms with Gasteiger partial charge in [0.1, 0.15) is 0 Å². The molecule has 0 saturated carbocycles. The van der Waals surface area contributed by atoms with E-state index in [2.05, 4.69) is 18.3 Å². The number of piperidine rings is 1. The van der Waals surface area contributed by atoms with Crippen LogP contribution in [0, 0.1) is 11.3 Å². The lowest BCUT2D eigenvalue weighted by Crippen LogP contribution is -2.38. The number of nitrogens with zero attached hydrogens (tertiary/aromatic N) is 2. The number of anilines is 1. The van der Waals surface area contributed by atoms with E-state index in [0.29, 0.717) is 36.5 Å². The predicted octanol–water partition coefficient (Wildman–Crippen LogP) is 5.13. The maximum absolute atomic E-state index is 12.9. The molecule has 1 aliphatic rings. The third kappa shape index (κ3) is 5.70. The van der Waals surface area contributed by atoms with E-state index in [4.69, 9.17) is 5.26 Å². The second-order valence-corrected chi connectivity index (χ2v) is 7.18. The van der Waals surface area contributed by atoms with E-state index in [1.165, 1.54) is 5.56 Å². The Hall–Kier alpha value is -3.13. The Bertz CT molecular complexity index is 876. The molecule has 2 aromatic rings. The number of carbonyl (C=O) groups is 2. The Balaban J connectivity index is 0.00000155. The zero-order chi connectivity index (χ0) is 21.9. The van der Waals surface area contributed by atoms with Crippen molar-refractivity contribution >= 4 is 18.0 Å². The van der Waals surface area contributed by atoms with E-state index < -0.39 is 0 Å². The minimum Gasteiger partial charge on any atom is -0.339 e. The molecule has 0 aliphatic carbocycles. The number of benzene rings is 2. The molecule has 30 heavy (non-hydrogen) atoms. The summed E-state index contributed by atoms with van der Waals surface area (Å²) in [7, 11) is 0. The SMILES string of the molecule is CC.CCCc1ccc(C(=O)N2CCC(c3ccc(C#N)cc3)CC2)cc1NC=O. The first-order valence-corrected chi connectivity index (χ1v) is 10.8. The van der Waals surface area contributed by atoms with Crippen LogP contribution in [0.5, 0.6) is 0 Å². The molecular weight excluding hydrogens is 374 g/mol. The summed E-state index contributed by atoms with van der Waals surface area (Å²) < 4.78 is 0. The van der Waals surface area contributed by atoms with Crippen LogP contribution in [-0.2, 0) is 11.2 Å². The van der Waals surface area contributed by atoms with Crippen molar-refractivity contribution in [1.82, 2.24) is 4.90 Å². The highest BCUT2D eigenvalue weighted by atomic mass is 16.2. The summed E-state index contributed by atoms with van der Waals surface area (Å²) in [6, 6.07) is 15.5. The summed E-state index contributed by atoms with van der Waals surface area (Å²) >= 11 is 0. The zero-order valence-corrected chi connectivity index (χ0v) is 18.1. The first kappa shape index (κ1) is 23.2. The van der Waals surface area contributed by atoms with Crippen molar-refractivity contribution in [2.75, 3.05) is 18.4 Å². The Kier molecular flexibility index (Phi) is 9.08. The van der Waals surface area contributed by atoms with Gasteiger partial charge in [0, 0.05) is 24.3 Å². The molecule has 0 aromatic heterocycles. The van der Waals surface area contributed by atoms with Gasteiger partial charge in [-0.15, -0.1) is 0 Å². The molecule has 0 spiro atoms. The number of aryl methyl sites for hydroxylation is 1. The lowest BCUT2D eigenvalue weighted by Gasteiger charge is -2.32. The van der Waals surface area contributed by atoms with Crippen molar-refractivity contribution in [3.63, 3.8) is 0 Å². The topological polar surface area (TPSA) is 73.2 Å². The molecule has 2 aromatic carbocycles. The minimum absolute atomic E-state index is 0.00951. The van der Waals surface area contributed by atoms with E-state index in [-0.39, 0.29) is 5.91 Å². The first-order valence-electron chi connectivity index (χ1n) is 10.8. The van der Waals surface area contributed by atoms with E-state index >= 15 is 0 Å². The number of nitriles is 1. The van der Waals surface area contributed by atoms with Crippen molar-refractivity contribution < 1.29 is 9.59 Å². The molecule has 0 unspecified atom stereocenters. The molecule has 1 saturated heterocycles. The van der Waals surface area contributed by atoms with Gasteiger partial charge < -0.3 is 10.2 Å². The summed E-state index contributed by atoms with van der Waals surface area (Å²) in [5.74, 6) is 0.422. The van der Waals surface area contributed by atoms with E-state index in [0.717, 1.165) is 36.9 Å². The molecule has 0 radical (unpaired) electrons. The maximum Gasteiger partial charge on any atom is 0.253 e. The summed E-state index contributed by atoms with van der Waals surface area (Å²) in [6.45, 7) is 7.50. The van der Waals surface area contributed by atoms with Gasteiger partial charge in [0.25, 0.3) is 5.91 Å². The molecular formula is C25H31N3O2. The summed E-state index contributed by atoms with van der Waals surface area (Å²) in [5, 5.41) is 11.6. The van der Waals surface area contributed by atoms with Gasteiger partial charge in [0.05, 0.1) is 11.6 Å². The van der Waals surface area contributed by atoms with E-state index in [1.807, 2.05) is 55.1 Å². The van der Waals surface area contributed by atoms with Crippen LogP contribution < -0.4 is 5.32 Å². The van der Waals surface area contributed by atoms with Crippen LogP contribution in [0.2, 0.25) is 0 Å². The number of hydrogen-bond acceptors (Lipinski definition) is 3. The third-order valence-corrected chi connectivity index (χ3v) is 5.38. The van der Waals surface area contributed by atoms with Crippen molar-refractivity contribution in [2.45, 2.75) is 52.4 Å². The summed E-state index contributed by atoms with van der Waals surface area (Å²) in [4.78, 5) is 25.7. The normalized spacial score (nSPS) is 13.6. The third-order valence-electron chi connectivity index (χ3n) is 5.38. The summed E-state index contributed by atoms with van der Waals surface area (Å²) in [5.41, 5.74) is 4.27. The number of rotatable bonds is 6. The van der Waals surface area contributed by atoms with Crippen LogP contribution in [0.3, 0.4) is 0 Å². The van der Waals surface area contributed by atoms with Crippen LogP contribution in [0.15, 0.2) is 42.5 Å². The molecule has 0 bridgehead atoms. The molecule has 5 heteroatoms. The number of likely N-dealkylation sites (tertiary alicyclic amines) is 1. The molecule has 2 amide bonds. The standard InChI is InChI=1S/C23H25N3O2.C2H6/c1-2-3-20-8-9-21(14-22(20)25-16-27)23(28)26-12-10-19(11-13-26)18-6-4-17(15-24)5-7-18;1-2/h4-9,14,16,19H,2-3,10-13H2,1H3,(H,25,27);1-2H3. The molecule has 1 N–H and O–H groups in total. The predicted molar refractivity (Wildman–Crippen MR) is 121 cm³/mol. The second-order valence-electron chi connectivity index (χ2n) is 7.18. The van der Waals surface area contributed by atoms with Gasteiger partial charge in [-0.05, 0) is 60.6 Å². The molecule has 1 heterocycles. The second kappa shape index (κ2) is 11.8. The van der Waals surface area contributed by atoms with Crippen molar-refractivity contribution in [3.8, 4) is 6.07 Å². The minimum atomic E-state index is 0.00951. The molecule has 3 rings (SSSR count). The fraction of sp³-hybridized carbons (Fsp3) is 0.400. The van der Waals surface area contributed by atoms with Gasteiger partial charge in [-0.3, -0.25) is 9.59 Å². The van der Waals surface area contributed by atoms with E-state index in [1.54, 1.807) is 6.07 Å². The Labute approximate surface area is 179 Å². The smallest absolute Gasteiger partial charge is 0.253 e. The quantitative estimate of drug-likeness (QED) is 0.678. The lowest BCUT2D eigenvalue weighted by molar-refractivity contribution is -0.105. The Morgan fingerprint density at radius 3 is 2.40 bits per heavy atom. The van der Waals surface area contributed by atoms with Crippen LogP contribution in [-0.4, -0.2) is 30.3 Å². The fourth-order valence-corrected chi connectivity index (χ4v) is 3.82. The van der Waals surface area contributed by atoms with Crippen LogP contribution in [0.4, 0.5) is 5.69 Å². The van der Waals surface area contributed by atoms with Crippen LogP contribution >= 0.6 is 0 Å². The lowest BCUT2D eigenvalue weighted by atomic mass is 9.89. The monoisotopic (exact) mass is 405 g/mol. The molecule has 158 valence electrons. The molecule has 1 aliphatic heterocycles. The van der Waals surface area contributed by atoms with Crippen LogP contribution in [0.25, 0.3) is 0 Å². The number of hydrogen-bond donors (Lipinski definition) is 1. The van der Waals surface area contributed by atoms with Crippen molar-refractivity contribution in [2.24, 2.45) is 0 Å². The average molecular weight is 406 g/mol. The van der Waals surface area contributed by atoms with E-state index in [9.17, 15) is 9.59 Å². The number of carbonyl (C=O) groups excluding carboxylic acids is 2. The largest absolute Gasteiger partial charge is 0.339 e.